The minimum atomic E-state index is -0.172. The van der Waals surface area contributed by atoms with E-state index in [0.717, 1.165) is 49.1 Å². The summed E-state index contributed by atoms with van der Waals surface area (Å²) in [4.78, 5) is 0. The van der Waals surface area contributed by atoms with E-state index in [4.69, 9.17) is 4.74 Å². The summed E-state index contributed by atoms with van der Waals surface area (Å²) >= 11 is 3.44. The first-order valence-electron chi connectivity index (χ1n) is 6.01. The molecule has 1 aromatic rings. The third kappa shape index (κ3) is 4.84. The number of hydrogen-bond acceptors (Lipinski definition) is 2. The molecule has 0 atom stereocenters. The quantitative estimate of drug-likeness (QED) is 0.909. The minimum Gasteiger partial charge on any atom is -0.381 e. The molecule has 1 aliphatic rings. The molecule has 2 nitrogen and oxygen atoms in total. The molecule has 1 aromatic carbocycles. The highest BCUT2D eigenvalue weighted by molar-refractivity contribution is 9.10. The van der Waals surface area contributed by atoms with Crippen molar-refractivity contribution in [3.63, 3.8) is 0 Å². The highest BCUT2D eigenvalue weighted by Gasteiger charge is 2.12. The fraction of sp³-hybridized carbons (Fsp3) is 0.538. The van der Waals surface area contributed by atoms with E-state index in [-0.39, 0.29) is 18.2 Å². The Labute approximate surface area is 122 Å². The molecule has 1 fully saturated rings. The predicted octanol–water partition coefficient (Wildman–Crippen LogP) is 3.32. The SMILES string of the molecule is Cl.Fc1ccc(Br)c(CCNC2CCOCC2)c1. The summed E-state index contributed by atoms with van der Waals surface area (Å²) in [5.74, 6) is -0.172. The first kappa shape index (κ1) is 15.9. The first-order chi connectivity index (χ1) is 8.25. The number of hydrogen-bond donors (Lipinski definition) is 1. The van der Waals surface area contributed by atoms with Gasteiger partial charge in [-0.2, -0.15) is 0 Å². The third-order valence-electron chi connectivity index (χ3n) is 3.06. The number of halogens is 3. The van der Waals surface area contributed by atoms with Gasteiger partial charge in [-0.05, 0) is 49.6 Å². The van der Waals surface area contributed by atoms with Gasteiger partial charge in [-0.3, -0.25) is 0 Å². The van der Waals surface area contributed by atoms with Gasteiger partial charge in [0, 0.05) is 23.7 Å². The summed E-state index contributed by atoms with van der Waals surface area (Å²) in [5, 5.41) is 3.49. The van der Waals surface area contributed by atoms with Crippen molar-refractivity contribution in [1.29, 1.82) is 0 Å². The van der Waals surface area contributed by atoms with Crippen LogP contribution < -0.4 is 5.32 Å². The Morgan fingerprint density at radius 1 is 1.33 bits per heavy atom. The Balaban J connectivity index is 0.00000162. The van der Waals surface area contributed by atoms with Crippen LogP contribution in [0.3, 0.4) is 0 Å². The lowest BCUT2D eigenvalue weighted by atomic mass is 10.1. The molecule has 1 saturated heterocycles. The van der Waals surface area contributed by atoms with Crippen molar-refractivity contribution in [2.24, 2.45) is 0 Å². The molecule has 0 spiro atoms. The van der Waals surface area contributed by atoms with E-state index >= 15 is 0 Å². The van der Waals surface area contributed by atoms with Gasteiger partial charge in [0.15, 0.2) is 0 Å². The molecule has 0 aliphatic carbocycles. The van der Waals surface area contributed by atoms with Crippen molar-refractivity contribution >= 4 is 28.3 Å². The fourth-order valence-electron chi connectivity index (χ4n) is 2.05. The average molecular weight is 339 g/mol. The summed E-state index contributed by atoms with van der Waals surface area (Å²) in [6, 6.07) is 5.38. The van der Waals surface area contributed by atoms with Crippen LogP contribution in [0.25, 0.3) is 0 Å². The summed E-state index contributed by atoms with van der Waals surface area (Å²) < 4.78 is 19.4. The Bertz CT molecular complexity index is 372. The maximum atomic E-state index is 13.1. The summed E-state index contributed by atoms with van der Waals surface area (Å²) in [7, 11) is 0. The molecule has 1 N–H and O–H groups in total. The van der Waals surface area contributed by atoms with Crippen molar-refractivity contribution in [2.45, 2.75) is 25.3 Å². The normalized spacial score (nSPS) is 16.3. The standard InChI is InChI=1S/C13H17BrFNO.ClH/c14-13-2-1-11(15)9-10(13)3-6-16-12-4-7-17-8-5-12;/h1-2,9,12,16H,3-8H2;1H. The van der Waals surface area contributed by atoms with Gasteiger partial charge in [0.2, 0.25) is 0 Å². The topological polar surface area (TPSA) is 21.3 Å². The van der Waals surface area contributed by atoms with Crippen LogP contribution in [0.2, 0.25) is 0 Å². The third-order valence-corrected chi connectivity index (χ3v) is 3.83. The van der Waals surface area contributed by atoms with Gasteiger partial charge in [-0.1, -0.05) is 15.9 Å². The van der Waals surface area contributed by atoms with Crippen molar-refractivity contribution in [3.05, 3.63) is 34.1 Å². The van der Waals surface area contributed by atoms with Gasteiger partial charge in [-0.15, -0.1) is 12.4 Å². The Morgan fingerprint density at radius 3 is 2.78 bits per heavy atom. The lowest BCUT2D eigenvalue weighted by Crippen LogP contribution is -2.35. The lowest BCUT2D eigenvalue weighted by molar-refractivity contribution is 0.0782. The smallest absolute Gasteiger partial charge is 0.123 e. The summed E-state index contributed by atoms with van der Waals surface area (Å²) in [6.45, 7) is 2.58. The molecule has 2 rings (SSSR count). The van der Waals surface area contributed by atoms with Crippen molar-refractivity contribution in [2.75, 3.05) is 19.8 Å². The highest BCUT2D eigenvalue weighted by atomic mass is 79.9. The van der Waals surface area contributed by atoms with Crippen LogP contribution in [0.1, 0.15) is 18.4 Å². The van der Waals surface area contributed by atoms with E-state index in [1.165, 1.54) is 6.07 Å². The zero-order valence-corrected chi connectivity index (χ0v) is 12.5. The number of nitrogens with one attached hydrogen (secondary N) is 1. The molecule has 0 aromatic heterocycles. The van der Waals surface area contributed by atoms with Crippen LogP contribution in [-0.2, 0) is 11.2 Å². The molecular formula is C13H18BrClFNO. The predicted molar refractivity (Wildman–Crippen MR) is 76.9 cm³/mol. The molecule has 0 radical (unpaired) electrons. The van der Waals surface area contributed by atoms with E-state index in [0.29, 0.717) is 6.04 Å². The molecule has 0 bridgehead atoms. The van der Waals surface area contributed by atoms with Crippen molar-refractivity contribution < 1.29 is 9.13 Å². The van der Waals surface area contributed by atoms with Crippen molar-refractivity contribution in [3.8, 4) is 0 Å². The van der Waals surface area contributed by atoms with E-state index in [1.807, 2.05) is 0 Å². The van der Waals surface area contributed by atoms with Crippen LogP contribution >= 0.6 is 28.3 Å². The zero-order chi connectivity index (χ0) is 12.1. The Kier molecular flexibility index (Phi) is 7.15. The number of benzene rings is 1. The van der Waals surface area contributed by atoms with Crippen LogP contribution in [0.4, 0.5) is 4.39 Å². The molecule has 0 amide bonds. The second kappa shape index (κ2) is 8.10. The molecule has 1 heterocycles. The second-order valence-corrected chi connectivity index (χ2v) is 5.18. The molecule has 102 valence electrons. The van der Waals surface area contributed by atoms with Crippen LogP contribution in [0.15, 0.2) is 22.7 Å². The van der Waals surface area contributed by atoms with E-state index in [2.05, 4.69) is 21.2 Å². The highest BCUT2D eigenvalue weighted by Crippen LogP contribution is 2.18. The maximum Gasteiger partial charge on any atom is 0.123 e. The van der Waals surface area contributed by atoms with Crippen molar-refractivity contribution in [1.82, 2.24) is 5.32 Å². The Morgan fingerprint density at radius 2 is 2.06 bits per heavy atom. The fourth-order valence-corrected chi connectivity index (χ4v) is 2.49. The molecule has 5 heteroatoms. The van der Waals surface area contributed by atoms with Crippen LogP contribution in [0.5, 0.6) is 0 Å². The molecule has 18 heavy (non-hydrogen) atoms. The van der Waals surface area contributed by atoms with E-state index in [1.54, 1.807) is 12.1 Å². The van der Waals surface area contributed by atoms with Gasteiger partial charge in [-0.25, -0.2) is 4.39 Å². The molecule has 1 aliphatic heterocycles. The first-order valence-corrected chi connectivity index (χ1v) is 6.80. The average Bonchev–Trinajstić information content (AvgIpc) is 2.35. The minimum absolute atomic E-state index is 0. The molecule has 0 saturated carbocycles. The van der Waals surface area contributed by atoms with E-state index < -0.39 is 0 Å². The number of rotatable bonds is 4. The molecular weight excluding hydrogens is 321 g/mol. The van der Waals surface area contributed by atoms with E-state index in [9.17, 15) is 4.39 Å². The summed E-state index contributed by atoms with van der Waals surface area (Å²) in [6.07, 6.45) is 2.99. The van der Waals surface area contributed by atoms with Gasteiger partial charge in [0.1, 0.15) is 5.82 Å². The Hall–Kier alpha value is -0.160. The number of ether oxygens (including phenoxy) is 1. The summed E-state index contributed by atoms with van der Waals surface area (Å²) in [5.41, 5.74) is 1.02. The van der Waals surface area contributed by atoms with Crippen LogP contribution in [0, 0.1) is 5.82 Å². The molecule has 0 unspecified atom stereocenters. The monoisotopic (exact) mass is 337 g/mol. The van der Waals surface area contributed by atoms with Gasteiger partial charge >= 0.3 is 0 Å². The van der Waals surface area contributed by atoms with Gasteiger partial charge in [0.05, 0.1) is 0 Å². The maximum absolute atomic E-state index is 13.1. The van der Waals surface area contributed by atoms with Gasteiger partial charge in [0.25, 0.3) is 0 Å². The van der Waals surface area contributed by atoms with Gasteiger partial charge < -0.3 is 10.1 Å². The lowest BCUT2D eigenvalue weighted by Gasteiger charge is -2.23. The zero-order valence-electron chi connectivity index (χ0n) is 10.1. The second-order valence-electron chi connectivity index (χ2n) is 4.33. The van der Waals surface area contributed by atoms with Crippen LogP contribution in [-0.4, -0.2) is 25.8 Å². The largest absolute Gasteiger partial charge is 0.381 e.